The number of rotatable bonds is 4. The van der Waals surface area contributed by atoms with E-state index in [4.69, 9.17) is 10.5 Å². The van der Waals surface area contributed by atoms with Crippen LogP contribution in [-0.2, 0) is 0 Å². The minimum absolute atomic E-state index is 0.0447. The molecule has 0 aliphatic carbocycles. The first kappa shape index (κ1) is 14.7. The molecule has 0 aliphatic heterocycles. The maximum atomic E-state index is 12.2. The van der Waals surface area contributed by atoms with E-state index in [1.54, 1.807) is 30.3 Å². The number of halogens is 3. The summed E-state index contributed by atoms with van der Waals surface area (Å²) in [5.41, 5.74) is 4.94. The minimum Gasteiger partial charge on any atom is -0.457 e. The highest BCUT2D eigenvalue weighted by Gasteiger charge is 2.31. The lowest BCUT2D eigenvalue weighted by Crippen LogP contribution is -2.18. The van der Waals surface area contributed by atoms with Crippen molar-refractivity contribution in [2.24, 2.45) is 5.73 Å². The van der Waals surface area contributed by atoms with Crippen LogP contribution in [-0.4, -0.2) is 12.3 Å². The highest BCUT2D eigenvalue weighted by molar-refractivity contribution is 5.96. The first-order valence-electron chi connectivity index (χ1n) is 5.77. The van der Waals surface area contributed by atoms with Crippen LogP contribution in [0.5, 0.6) is 17.2 Å². The Morgan fingerprint density at radius 2 is 1.67 bits per heavy atom. The average Bonchev–Trinajstić information content (AvgIpc) is 2.40. The molecule has 7 heteroatoms. The second-order valence-electron chi connectivity index (χ2n) is 3.99. The zero-order valence-corrected chi connectivity index (χ0v) is 10.6. The smallest absolute Gasteiger partial charge is 0.457 e. The van der Waals surface area contributed by atoms with Crippen molar-refractivity contribution in [1.29, 1.82) is 0 Å². The second-order valence-corrected chi connectivity index (χ2v) is 3.99. The van der Waals surface area contributed by atoms with Crippen LogP contribution in [0.1, 0.15) is 10.4 Å². The van der Waals surface area contributed by atoms with Gasteiger partial charge in [0.25, 0.3) is 5.91 Å². The number of alkyl halides is 3. The van der Waals surface area contributed by atoms with Gasteiger partial charge in [0.2, 0.25) is 0 Å². The molecule has 2 N–H and O–H groups in total. The summed E-state index contributed by atoms with van der Waals surface area (Å²) in [6.45, 7) is 0. The van der Waals surface area contributed by atoms with E-state index < -0.39 is 18.0 Å². The van der Waals surface area contributed by atoms with Gasteiger partial charge in [-0.3, -0.25) is 4.79 Å². The number of nitrogens with two attached hydrogens (primary N) is 1. The average molecular weight is 297 g/mol. The summed E-state index contributed by atoms with van der Waals surface area (Å²) in [7, 11) is 0. The van der Waals surface area contributed by atoms with E-state index in [2.05, 4.69) is 4.74 Å². The summed E-state index contributed by atoms with van der Waals surface area (Å²) in [6, 6.07) is 11.6. The molecule has 0 saturated heterocycles. The second kappa shape index (κ2) is 5.74. The predicted molar refractivity (Wildman–Crippen MR) is 68.2 cm³/mol. The van der Waals surface area contributed by atoms with E-state index in [0.29, 0.717) is 5.75 Å². The lowest BCUT2D eigenvalue weighted by Gasteiger charge is -2.13. The van der Waals surface area contributed by atoms with Crippen LogP contribution in [0.2, 0.25) is 0 Å². The topological polar surface area (TPSA) is 61.6 Å². The van der Waals surface area contributed by atoms with Gasteiger partial charge in [0.1, 0.15) is 17.2 Å². The maximum absolute atomic E-state index is 12.2. The third kappa shape index (κ3) is 4.13. The number of carbonyl (C=O) groups excluding carboxylic acids is 1. The third-order valence-electron chi connectivity index (χ3n) is 2.42. The van der Waals surface area contributed by atoms with E-state index >= 15 is 0 Å². The van der Waals surface area contributed by atoms with Crippen LogP contribution in [0, 0.1) is 0 Å². The Hall–Kier alpha value is -2.70. The molecule has 0 radical (unpaired) electrons. The molecule has 21 heavy (non-hydrogen) atoms. The van der Waals surface area contributed by atoms with Gasteiger partial charge in [-0.05, 0) is 30.3 Å². The van der Waals surface area contributed by atoms with Gasteiger partial charge >= 0.3 is 6.36 Å². The molecule has 0 fully saturated rings. The molecular formula is C14H10F3NO3. The highest BCUT2D eigenvalue weighted by Crippen LogP contribution is 2.30. The Morgan fingerprint density at radius 3 is 2.24 bits per heavy atom. The van der Waals surface area contributed by atoms with Gasteiger partial charge in [0.05, 0.1) is 5.56 Å². The molecule has 0 heterocycles. The van der Waals surface area contributed by atoms with Gasteiger partial charge in [0.15, 0.2) is 0 Å². The van der Waals surface area contributed by atoms with E-state index in [9.17, 15) is 18.0 Å². The number of para-hydroxylation sites is 1. The van der Waals surface area contributed by atoms with Crippen molar-refractivity contribution in [2.45, 2.75) is 6.36 Å². The summed E-state index contributed by atoms with van der Waals surface area (Å²) < 4.78 is 45.6. The summed E-state index contributed by atoms with van der Waals surface area (Å²) >= 11 is 0. The molecule has 4 nitrogen and oxygen atoms in total. The fourth-order valence-corrected chi connectivity index (χ4v) is 1.60. The standard InChI is InChI=1S/C14H10F3NO3/c15-14(16,17)21-10-6-7-12(11(8-10)13(18)19)20-9-4-2-1-3-5-9/h1-8H,(H2,18,19). The number of hydrogen-bond donors (Lipinski definition) is 1. The molecule has 110 valence electrons. The lowest BCUT2D eigenvalue weighted by atomic mass is 10.2. The molecule has 2 rings (SSSR count). The van der Waals surface area contributed by atoms with Crippen molar-refractivity contribution >= 4 is 5.91 Å². The van der Waals surface area contributed by atoms with Gasteiger partial charge in [-0.2, -0.15) is 0 Å². The van der Waals surface area contributed by atoms with Crippen molar-refractivity contribution in [3.8, 4) is 17.2 Å². The zero-order valence-electron chi connectivity index (χ0n) is 10.6. The minimum atomic E-state index is -4.85. The summed E-state index contributed by atoms with van der Waals surface area (Å²) in [5.74, 6) is -1.00. The van der Waals surface area contributed by atoms with Crippen molar-refractivity contribution in [1.82, 2.24) is 0 Å². The van der Waals surface area contributed by atoms with Crippen LogP contribution in [0.4, 0.5) is 13.2 Å². The first-order chi connectivity index (χ1) is 9.85. The largest absolute Gasteiger partial charge is 0.573 e. The van der Waals surface area contributed by atoms with E-state index in [1.807, 2.05) is 0 Å². The molecule has 0 unspecified atom stereocenters. The Morgan fingerprint density at radius 1 is 1.00 bits per heavy atom. The molecule has 2 aromatic carbocycles. The number of hydrogen-bond acceptors (Lipinski definition) is 3. The third-order valence-corrected chi connectivity index (χ3v) is 2.42. The van der Waals surface area contributed by atoms with Crippen LogP contribution in [0.25, 0.3) is 0 Å². The van der Waals surface area contributed by atoms with Crippen LogP contribution >= 0.6 is 0 Å². The highest BCUT2D eigenvalue weighted by atomic mass is 19.4. The molecule has 0 aliphatic rings. The SMILES string of the molecule is NC(=O)c1cc(OC(F)(F)F)ccc1Oc1ccccc1. The van der Waals surface area contributed by atoms with Crippen LogP contribution < -0.4 is 15.2 Å². The molecule has 0 bridgehead atoms. The quantitative estimate of drug-likeness (QED) is 0.939. The number of benzene rings is 2. The molecular weight excluding hydrogens is 287 g/mol. The van der Waals surface area contributed by atoms with E-state index in [-0.39, 0.29) is 11.3 Å². The molecule has 1 amide bonds. The predicted octanol–water partition coefficient (Wildman–Crippen LogP) is 3.48. The Kier molecular flexibility index (Phi) is 4.02. The number of ether oxygens (including phenoxy) is 2. The number of carbonyl (C=O) groups is 1. The lowest BCUT2D eigenvalue weighted by molar-refractivity contribution is -0.274. The van der Waals surface area contributed by atoms with Gasteiger partial charge < -0.3 is 15.2 Å². The van der Waals surface area contributed by atoms with Crippen molar-refractivity contribution in [3.05, 3.63) is 54.1 Å². The molecule has 0 spiro atoms. The van der Waals surface area contributed by atoms with Crippen LogP contribution in [0.15, 0.2) is 48.5 Å². The van der Waals surface area contributed by atoms with Gasteiger partial charge in [-0.25, -0.2) is 0 Å². The first-order valence-corrected chi connectivity index (χ1v) is 5.77. The van der Waals surface area contributed by atoms with Crippen molar-refractivity contribution in [2.75, 3.05) is 0 Å². The normalized spacial score (nSPS) is 11.0. The molecule has 2 aromatic rings. The fourth-order valence-electron chi connectivity index (χ4n) is 1.60. The Bertz CT molecular complexity index is 642. The van der Waals surface area contributed by atoms with Gasteiger partial charge in [-0.15, -0.1) is 13.2 Å². The fraction of sp³-hybridized carbons (Fsp3) is 0.0714. The monoisotopic (exact) mass is 297 g/mol. The molecule has 0 aromatic heterocycles. The van der Waals surface area contributed by atoms with Crippen molar-refractivity contribution < 1.29 is 27.4 Å². The van der Waals surface area contributed by atoms with E-state index in [1.165, 1.54) is 6.07 Å². The molecule has 0 atom stereocenters. The maximum Gasteiger partial charge on any atom is 0.573 e. The number of amides is 1. The Labute approximate surface area is 117 Å². The van der Waals surface area contributed by atoms with E-state index in [0.717, 1.165) is 12.1 Å². The van der Waals surface area contributed by atoms with Crippen LogP contribution in [0.3, 0.4) is 0 Å². The number of primary amides is 1. The van der Waals surface area contributed by atoms with Gasteiger partial charge in [-0.1, -0.05) is 18.2 Å². The summed E-state index contributed by atoms with van der Waals surface area (Å²) in [5, 5.41) is 0. The van der Waals surface area contributed by atoms with Gasteiger partial charge in [0, 0.05) is 0 Å². The molecule has 0 saturated carbocycles. The zero-order chi connectivity index (χ0) is 15.5. The summed E-state index contributed by atoms with van der Waals surface area (Å²) in [6.07, 6.45) is -4.85. The Balaban J connectivity index is 2.31. The van der Waals surface area contributed by atoms with Crippen molar-refractivity contribution in [3.63, 3.8) is 0 Å². The summed E-state index contributed by atoms with van der Waals surface area (Å²) in [4.78, 5) is 11.3.